The maximum atomic E-state index is 13.5. The zero-order chi connectivity index (χ0) is 14.7. The van der Waals surface area contributed by atoms with E-state index in [1.165, 1.54) is 18.3 Å². The Balaban J connectivity index is 2.20. The summed E-state index contributed by atoms with van der Waals surface area (Å²) < 4.78 is 27.1. The first kappa shape index (κ1) is 13.9. The molecule has 0 aliphatic carbocycles. The number of hydrogen-bond donors (Lipinski definition) is 3. The van der Waals surface area contributed by atoms with Crippen molar-refractivity contribution in [3.05, 3.63) is 41.5 Å². The number of H-pyrrole nitrogens is 1. The van der Waals surface area contributed by atoms with Gasteiger partial charge in [-0.25, -0.2) is 13.8 Å². The van der Waals surface area contributed by atoms with E-state index in [0.29, 0.717) is 5.82 Å². The summed E-state index contributed by atoms with van der Waals surface area (Å²) in [5, 5.41) is 6.23. The molecule has 1 amide bonds. The lowest BCUT2D eigenvalue weighted by Gasteiger charge is -2.16. The first-order valence-corrected chi connectivity index (χ1v) is 5.58. The van der Waals surface area contributed by atoms with E-state index in [9.17, 15) is 13.6 Å². The number of rotatable bonds is 4. The third kappa shape index (κ3) is 2.72. The number of hydrazine groups is 1. The van der Waals surface area contributed by atoms with Crippen LogP contribution >= 0.6 is 0 Å². The van der Waals surface area contributed by atoms with Crippen molar-refractivity contribution < 1.29 is 13.6 Å². The summed E-state index contributed by atoms with van der Waals surface area (Å²) in [5.41, 5.74) is 1.29. The second-order valence-corrected chi connectivity index (χ2v) is 4.05. The van der Waals surface area contributed by atoms with E-state index in [4.69, 9.17) is 5.84 Å². The molecule has 0 atom stereocenters. The second kappa shape index (κ2) is 5.61. The molecule has 1 aromatic carbocycles. The van der Waals surface area contributed by atoms with Gasteiger partial charge in [-0.2, -0.15) is 5.10 Å². The fraction of sp³-hybridized carbons (Fsp3) is 0.182. The standard InChI is InChI=1S/C11H12F2N6O/c1-19(4-9-15-5-16-18-9)11(20)6-2-7(12)10(17-14)8(13)3-6/h2-3,5,17H,4,14H2,1H3,(H,15,16,18). The Kier molecular flexibility index (Phi) is 3.89. The van der Waals surface area contributed by atoms with E-state index >= 15 is 0 Å². The van der Waals surface area contributed by atoms with E-state index in [2.05, 4.69) is 15.2 Å². The number of carbonyl (C=O) groups is 1. The first-order chi connectivity index (χ1) is 9.52. The molecule has 2 aromatic rings. The van der Waals surface area contributed by atoms with Gasteiger partial charge in [-0.3, -0.25) is 15.7 Å². The van der Waals surface area contributed by atoms with Gasteiger partial charge < -0.3 is 10.3 Å². The van der Waals surface area contributed by atoms with Crippen LogP contribution in [-0.4, -0.2) is 33.0 Å². The van der Waals surface area contributed by atoms with Crippen molar-refractivity contribution >= 4 is 11.6 Å². The molecule has 1 aromatic heterocycles. The number of amides is 1. The number of nitrogens with one attached hydrogen (secondary N) is 2. The molecule has 0 fully saturated rings. The lowest BCUT2D eigenvalue weighted by molar-refractivity contribution is 0.0780. The molecule has 1 heterocycles. The Morgan fingerprint density at radius 1 is 1.45 bits per heavy atom. The molecule has 0 saturated heterocycles. The van der Waals surface area contributed by atoms with Crippen molar-refractivity contribution in [3.8, 4) is 0 Å². The number of nitrogens with two attached hydrogens (primary N) is 1. The maximum Gasteiger partial charge on any atom is 0.254 e. The van der Waals surface area contributed by atoms with Crippen LogP contribution in [-0.2, 0) is 6.54 Å². The molecule has 0 saturated carbocycles. The van der Waals surface area contributed by atoms with Gasteiger partial charge in [0, 0.05) is 12.6 Å². The van der Waals surface area contributed by atoms with E-state index in [-0.39, 0.29) is 12.1 Å². The van der Waals surface area contributed by atoms with Crippen molar-refractivity contribution in [2.45, 2.75) is 6.54 Å². The van der Waals surface area contributed by atoms with Gasteiger partial charge in [-0.05, 0) is 12.1 Å². The minimum absolute atomic E-state index is 0.124. The molecule has 20 heavy (non-hydrogen) atoms. The largest absolute Gasteiger partial charge is 0.334 e. The van der Waals surface area contributed by atoms with Crippen LogP contribution in [0.2, 0.25) is 0 Å². The highest BCUT2D eigenvalue weighted by atomic mass is 19.1. The van der Waals surface area contributed by atoms with Crippen molar-refractivity contribution in [2.24, 2.45) is 5.84 Å². The minimum Gasteiger partial charge on any atom is -0.334 e. The zero-order valence-corrected chi connectivity index (χ0v) is 10.5. The van der Waals surface area contributed by atoms with Crippen LogP contribution in [0.4, 0.5) is 14.5 Å². The topological polar surface area (TPSA) is 99.9 Å². The number of halogens is 2. The normalized spacial score (nSPS) is 10.4. The van der Waals surface area contributed by atoms with Crippen LogP contribution < -0.4 is 11.3 Å². The molecule has 0 unspecified atom stereocenters. The fourth-order valence-electron chi connectivity index (χ4n) is 1.66. The van der Waals surface area contributed by atoms with Crippen LogP contribution in [0, 0.1) is 11.6 Å². The summed E-state index contributed by atoms with van der Waals surface area (Å²) in [4.78, 5) is 17.2. The van der Waals surface area contributed by atoms with Gasteiger partial charge in [0.15, 0.2) is 11.6 Å². The quantitative estimate of drug-likeness (QED) is 0.564. The van der Waals surface area contributed by atoms with E-state index in [1.807, 2.05) is 5.43 Å². The number of nitrogens with zero attached hydrogens (tertiary/aromatic N) is 3. The summed E-state index contributed by atoms with van der Waals surface area (Å²) in [7, 11) is 1.48. The highest BCUT2D eigenvalue weighted by Crippen LogP contribution is 2.20. The second-order valence-electron chi connectivity index (χ2n) is 4.05. The number of anilines is 1. The van der Waals surface area contributed by atoms with E-state index in [0.717, 1.165) is 12.1 Å². The molecule has 2 rings (SSSR count). The highest BCUT2D eigenvalue weighted by molar-refractivity contribution is 5.94. The number of hydrogen-bond acceptors (Lipinski definition) is 5. The number of aromatic amines is 1. The molecule has 4 N–H and O–H groups in total. The van der Waals surface area contributed by atoms with Gasteiger partial charge in [0.1, 0.15) is 17.8 Å². The number of nitrogen functional groups attached to an aromatic ring is 1. The SMILES string of the molecule is CN(Cc1ncn[nH]1)C(=O)c1cc(F)c(NN)c(F)c1. The van der Waals surface area contributed by atoms with Crippen LogP contribution in [0.5, 0.6) is 0 Å². The van der Waals surface area contributed by atoms with Gasteiger partial charge in [0.2, 0.25) is 0 Å². The van der Waals surface area contributed by atoms with Crippen molar-refractivity contribution in [1.82, 2.24) is 20.1 Å². The average molecular weight is 282 g/mol. The Morgan fingerprint density at radius 2 is 2.10 bits per heavy atom. The summed E-state index contributed by atoms with van der Waals surface area (Å²) in [6.45, 7) is 0.138. The van der Waals surface area contributed by atoms with Crippen molar-refractivity contribution in [3.63, 3.8) is 0 Å². The molecule has 7 nitrogen and oxygen atoms in total. The van der Waals surface area contributed by atoms with Gasteiger partial charge in [0.25, 0.3) is 5.91 Å². The molecular weight excluding hydrogens is 270 g/mol. The summed E-state index contributed by atoms with van der Waals surface area (Å²) in [5.74, 6) is 3.01. The summed E-state index contributed by atoms with van der Waals surface area (Å²) >= 11 is 0. The van der Waals surface area contributed by atoms with Crippen LogP contribution in [0.3, 0.4) is 0 Å². The van der Waals surface area contributed by atoms with Crippen LogP contribution in [0.25, 0.3) is 0 Å². The van der Waals surface area contributed by atoms with E-state index in [1.54, 1.807) is 0 Å². The number of carbonyl (C=O) groups excluding carboxylic acids is 1. The van der Waals surface area contributed by atoms with E-state index < -0.39 is 23.2 Å². The number of aromatic nitrogens is 3. The van der Waals surface area contributed by atoms with Crippen molar-refractivity contribution in [1.29, 1.82) is 0 Å². The number of benzene rings is 1. The van der Waals surface area contributed by atoms with Gasteiger partial charge in [0.05, 0.1) is 6.54 Å². The Hall–Kier alpha value is -2.55. The smallest absolute Gasteiger partial charge is 0.254 e. The molecule has 0 spiro atoms. The average Bonchev–Trinajstić information content (AvgIpc) is 2.90. The zero-order valence-electron chi connectivity index (χ0n) is 10.5. The maximum absolute atomic E-state index is 13.5. The van der Waals surface area contributed by atoms with Gasteiger partial charge >= 0.3 is 0 Å². The predicted molar refractivity (Wildman–Crippen MR) is 66.3 cm³/mol. The third-order valence-electron chi connectivity index (χ3n) is 2.63. The molecule has 0 aliphatic rings. The third-order valence-corrected chi connectivity index (χ3v) is 2.63. The monoisotopic (exact) mass is 282 g/mol. The first-order valence-electron chi connectivity index (χ1n) is 5.58. The molecule has 106 valence electrons. The van der Waals surface area contributed by atoms with Crippen LogP contribution in [0.15, 0.2) is 18.5 Å². The Bertz CT molecular complexity index is 592. The van der Waals surface area contributed by atoms with Gasteiger partial charge in [-0.1, -0.05) is 0 Å². The highest BCUT2D eigenvalue weighted by Gasteiger charge is 2.18. The predicted octanol–water partition coefficient (Wildman–Crippen LogP) is 0.641. The van der Waals surface area contributed by atoms with Gasteiger partial charge in [-0.15, -0.1) is 0 Å². The molecule has 9 heteroatoms. The van der Waals surface area contributed by atoms with Crippen LogP contribution in [0.1, 0.15) is 16.2 Å². The molecule has 0 bridgehead atoms. The molecule has 0 aliphatic heterocycles. The Labute approximate surface area is 112 Å². The lowest BCUT2D eigenvalue weighted by atomic mass is 10.1. The fourth-order valence-corrected chi connectivity index (χ4v) is 1.66. The Morgan fingerprint density at radius 3 is 2.60 bits per heavy atom. The molecule has 0 radical (unpaired) electrons. The molecular formula is C11H12F2N6O. The summed E-state index contributed by atoms with van der Waals surface area (Å²) in [6.07, 6.45) is 1.30. The lowest BCUT2D eigenvalue weighted by Crippen LogP contribution is -2.27. The minimum atomic E-state index is -0.941. The summed E-state index contributed by atoms with van der Waals surface area (Å²) in [6, 6.07) is 1.83. The van der Waals surface area contributed by atoms with Crippen molar-refractivity contribution in [2.75, 3.05) is 12.5 Å².